The molecule has 0 amide bonds. The topological polar surface area (TPSA) is 8.81 Å². The Hall–Kier alpha value is -1.05. The van der Waals surface area contributed by atoms with Crippen LogP contribution < -0.4 is 4.57 Å². The third-order valence-electron chi connectivity index (χ3n) is 2.94. The van der Waals surface area contributed by atoms with E-state index in [0.717, 1.165) is 12.5 Å². The highest BCUT2D eigenvalue weighted by molar-refractivity contribution is 4.94. The molecule has 1 rings (SSSR count). The number of aromatic nitrogens is 2. The molecule has 15 heavy (non-hydrogen) atoms. The molecule has 84 valence electrons. The van der Waals surface area contributed by atoms with E-state index in [-0.39, 0.29) is 0 Å². The summed E-state index contributed by atoms with van der Waals surface area (Å²) in [5.74, 6) is 0.815. The standard InChI is InChI=1S/C13H23N2/c1-4-7-8-13(5-2)11-15-10-9-14(6-3)12-15/h6,9-10,12-13H,3-5,7-8,11H2,1-2H3/q+1. The van der Waals surface area contributed by atoms with Crippen molar-refractivity contribution in [2.24, 2.45) is 5.92 Å². The van der Waals surface area contributed by atoms with Gasteiger partial charge in [0.15, 0.2) is 0 Å². The number of hydrogen-bond donors (Lipinski definition) is 0. The molecule has 0 aromatic carbocycles. The van der Waals surface area contributed by atoms with Gasteiger partial charge in [-0.2, -0.15) is 0 Å². The van der Waals surface area contributed by atoms with Crippen molar-refractivity contribution in [3.8, 4) is 0 Å². The van der Waals surface area contributed by atoms with Crippen molar-refractivity contribution in [3.05, 3.63) is 25.3 Å². The summed E-state index contributed by atoms with van der Waals surface area (Å²) < 4.78 is 4.25. The Morgan fingerprint density at radius 3 is 2.80 bits per heavy atom. The number of imidazole rings is 1. The second-order valence-electron chi connectivity index (χ2n) is 4.16. The van der Waals surface area contributed by atoms with E-state index in [4.69, 9.17) is 0 Å². The fraction of sp³-hybridized carbons (Fsp3) is 0.615. The molecule has 1 atom stereocenters. The van der Waals surface area contributed by atoms with Crippen molar-refractivity contribution < 1.29 is 4.57 Å². The van der Waals surface area contributed by atoms with Gasteiger partial charge in [-0.25, -0.2) is 9.13 Å². The van der Waals surface area contributed by atoms with Gasteiger partial charge in [-0.1, -0.05) is 33.3 Å². The summed E-state index contributed by atoms with van der Waals surface area (Å²) in [6.07, 6.45) is 13.3. The van der Waals surface area contributed by atoms with E-state index in [1.165, 1.54) is 25.7 Å². The molecule has 0 saturated heterocycles. The van der Waals surface area contributed by atoms with E-state index in [2.05, 4.69) is 37.5 Å². The Morgan fingerprint density at radius 1 is 1.47 bits per heavy atom. The van der Waals surface area contributed by atoms with Crippen molar-refractivity contribution in [1.29, 1.82) is 0 Å². The van der Waals surface area contributed by atoms with E-state index < -0.39 is 0 Å². The van der Waals surface area contributed by atoms with Crippen LogP contribution in [0.2, 0.25) is 0 Å². The first-order chi connectivity index (χ1) is 7.30. The lowest BCUT2D eigenvalue weighted by atomic mass is 9.99. The quantitative estimate of drug-likeness (QED) is 0.608. The van der Waals surface area contributed by atoms with E-state index in [1.54, 1.807) is 0 Å². The van der Waals surface area contributed by atoms with E-state index in [0.29, 0.717) is 0 Å². The van der Waals surface area contributed by atoms with E-state index in [9.17, 15) is 0 Å². The van der Waals surface area contributed by atoms with Crippen LogP contribution >= 0.6 is 0 Å². The summed E-state index contributed by atoms with van der Waals surface area (Å²) in [7, 11) is 0. The maximum absolute atomic E-state index is 3.74. The zero-order chi connectivity index (χ0) is 11.1. The van der Waals surface area contributed by atoms with Crippen LogP contribution in [0.1, 0.15) is 39.5 Å². The molecule has 0 aliphatic carbocycles. The summed E-state index contributed by atoms with van der Waals surface area (Å²) >= 11 is 0. The molecule has 2 nitrogen and oxygen atoms in total. The summed E-state index contributed by atoms with van der Waals surface area (Å²) in [6.45, 7) is 9.42. The molecule has 0 bridgehead atoms. The third-order valence-corrected chi connectivity index (χ3v) is 2.94. The molecular weight excluding hydrogens is 184 g/mol. The van der Waals surface area contributed by atoms with Gasteiger partial charge in [0.25, 0.3) is 0 Å². The van der Waals surface area contributed by atoms with E-state index in [1.807, 2.05) is 17.0 Å². The number of rotatable bonds is 7. The predicted molar refractivity (Wildman–Crippen MR) is 64.3 cm³/mol. The van der Waals surface area contributed by atoms with Crippen LogP contribution in [0.5, 0.6) is 0 Å². The first kappa shape index (κ1) is 12.0. The average Bonchev–Trinajstić information content (AvgIpc) is 2.71. The van der Waals surface area contributed by atoms with Crippen molar-refractivity contribution >= 4 is 6.20 Å². The van der Waals surface area contributed by atoms with Gasteiger partial charge in [-0.3, -0.25) is 0 Å². The van der Waals surface area contributed by atoms with Gasteiger partial charge in [0.2, 0.25) is 6.33 Å². The second kappa shape index (κ2) is 6.44. The molecule has 1 aromatic heterocycles. The van der Waals surface area contributed by atoms with Gasteiger partial charge in [0, 0.05) is 0 Å². The molecule has 0 saturated carbocycles. The molecule has 0 N–H and O–H groups in total. The molecule has 0 radical (unpaired) electrons. The zero-order valence-corrected chi connectivity index (χ0v) is 10.0. The largest absolute Gasteiger partial charge is 0.248 e. The minimum Gasteiger partial charge on any atom is -0.236 e. The van der Waals surface area contributed by atoms with Crippen LogP contribution in [0, 0.1) is 5.92 Å². The van der Waals surface area contributed by atoms with Crippen molar-refractivity contribution in [2.75, 3.05) is 0 Å². The first-order valence-corrected chi connectivity index (χ1v) is 5.99. The Labute approximate surface area is 93.2 Å². The Morgan fingerprint density at radius 2 is 2.27 bits per heavy atom. The summed E-state index contributed by atoms with van der Waals surface area (Å²) in [4.78, 5) is 0. The molecule has 0 aliphatic heterocycles. The fourth-order valence-electron chi connectivity index (χ4n) is 1.84. The summed E-state index contributed by atoms with van der Waals surface area (Å²) in [5, 5.41) is 0. The molecular formula is C13H23N2+. The molecule has 0 spiro atoms. The lowest BCUT2D eigenvalue weighted by Crippen LogP contribution is -2.21. The minimum absolute atomic E-state index is 0.815. The Balaban J connectivity index is 2.46. The van der Waals surface area contributed by atoms with Crippen LogP contribution in [0.3, 0.4) is 0 Å². The Kier molecular flexibility index (Phi) is 5.16. The van der Waals surface area contributed by atoms with Gasteiger partial charge in [-0.15, -0.1) is 0 Å². The summed E-state index contributed by atoms with van der Waals surface area (Å²) in [6, 6.07) is 0. The lowest BCUT2D eigenvalue weighted by molar-refractivity contribution is -0.567. The highest BCUT2D eigenvalue weighted by atomic mass is 15.1. The number of hydrogen-bond acceptors (Lipinski definition) is 0. The molecule has 0 fully saturated rings. The fourth-order valence-corrected chi connectivity index (χ4v) is 1.84. The average molecular weight is 207 g/mol. The van der Waals surface area contributed by atoms with Crippen LogP contribution in [-0.4, -0.2) is 4.57 Å². The van der Waals surface area contributed by atoms with Gasteiger partial charge in [-0.05, 0) is 18.8 Å². The van der Waals surface area contributed by atoms with Crippen LogP contribution in [0.15, 0.2) is 25.3 Å². The van der Waals surface area contributed by atoms with Gasteiger partial charge < -0.3 is 0 Å². The highest BCUT2D eigenvalue weighted by Gasteiger charge is 2.10. The summed E-state index contributed by atoms with van der Waals surface area (Å²) in [5.41, 5.74) is 0. The number of nitrogens with zero attached hydrogens (tertiary/aromatic N) is 2. The monoisotopic (exact) mass is 207 g/mol. The second-order valence-corrected chi connectivity index (χ2v) is 4.16. The lowest BCUT2D eigenvalue weighted by Gasteiger charge is -2.11. The van der Waals surface area contributed by atoms with Crippen LogP contribution in [0.4, 0.5) is 0 Å². The first-order valence-electron chi connectivity index (χ1n) is 5.99. The predicted octanol–water partition coefficient (Wildman–Crippen LogP) is 3.09. The molecule has 1 heterocycles. The van der Waals surface area contributed by atoms with Gasteiger partial charge >= 0.3 is 0 Å². The van der Waals surface area contributed by atoms with Gasteiger partial charge in [0.1, 0.15) is 12.4 Å². The zero-order valence-electron chi connectivity index (χ0n) is 10.0. The van der Waals surface area contributed by atoms with Crippen molar-refractivity contribution in [1.82, 2.24) is 4.57 Å². The molecule has 0 aliphatic rings. The smallest absolute Gasteiger partial charge is 0.236 e. The maximum atomic E-state index is 3.74. The van der Waals surface area contributed by atoms with Gasteiger partial charge in [0.05, 0.1) is 12.7 Å². The maximum Gasteiger partial charge on any atom is 0.248 e. The number of unbranched alkanes of at least 4 members (excludes halogenated alkanes) is 1. The SMILES string of the molecule is C=C[n+]1ccn(CC(CC)CCCC)c1. The molecule has 2 heteroatoms. The van der Waals surface area contributed by atoms with Crippen molar-refractivity contribution in [3.63, 3.8) is 0 Å². The van der Waals surface area contributed by atoms with Crippen LogP contribution in [-0.2, 0) is 6.54 Å². The van der Waals surface area contributed by atoms with Crippen molar-refractivity contribution in [2.45, 2.75) is 46.1 Å². The highest BCUT2D eigenvalue weighted by Crippen LogP contribution is 2.14. The third kappa shape index (κ3) is 3.90. The molecule has 1 aromatic rings. The van der Waals surface area contributed by atoms with Crippen LogP contribution in [0.25, 0.3) is 6.20 Å². The molecule has 1 unspecified atom stereocenters. The Bertz CT molecular complexity index is 288. The minimum atomic E-state index is 0.815. The normalized spacial score (nSPS) is 12.7. The van der Waals surface area contributed by atoms with E-state index >= 15 is 0 Å².